The smallest absolute Gasteiger partial charge is 0.330 e. The lowest BCUT2D eigenvalue weighted by molar-refractivity contribution is -0.137. The number of aryl methyl sites for hydroxylation is 1. The molecule has 6 nitrogen and oxygen atoms in total. The van der Waals surface area contributed by atoms with Crippen molar-refractivity contribution >= 4 is 17.7 Å². The molecule has 1 heterocycles. The predicted octanol–water partition coefficient (Wildman–Crippen LogP) is 2.57. The molecule has 0 aliphatic rings. The number of benzene rings is 1. The highest BCUT2D eigenvalue weighted by Crippen LogP contribution is 2.12. The van der Waals surface area contributed by atoms with Crippen LogP contribution in [-0.4, -0.2) is 22.7 Å². The van der Waals surface area contributed by atoms with Crippen LogP contribution in [0.2, 0.25) is 0 Å². The number of nitrogens with zero attached hydrogens (tertiary/aromatic N) is 2. The minimum atomic E-state index is -0.341. The Bertz CT molecular complexity index is 617. The van der Waals surface area contributed by atoms with Crippen LogP contribution in [0.5, 0.6) is 0 Å². The van der Waals surface area contributed by atoms with Crippen molar-refractivity contribution in [3.05, 3.63) is 47.6 Å². The fraction of sp³-hybridized carbons (Fsp3) is 0.267. The van der Waals surface area contributed by atoms with Gasteiger partial charge in [0.25, 0.3) is 0 Å². The Morgan fingerprint density at radius 2 is 2.14 bits per heavy atom. The molecule has 0 bridgehead atoms. The molecule has 0 amide bonds. The van der Waals surface area contributed by atoms with Gasteiger partial charge in [-0.3, -0.25) is 0 Å². The summed E-state index contributed by atoms with van der Waals surface area (Å²) in [7, 11) is 0. The third kappa shape index (κ3) is 4.76. The lowest BCUT2D eigenvalue weighted by Gasteiger charge is -2.03. The van der Waals surface area contributed by atoms with Gasteiger partial charge >= 0.3 is 5.97 Å². The number of hydrogen-bond donors (Lipinski definition) is 1. The van der Waals surface area contributed by atoms with Gasteiger partial charge in [0.2, 0.25) is 5.89 Å². The normalized spacial score (nSPS) is 10.8. The molecule has 0 aliphatic heterocycles. The molecule has 0 atom stereocenters. The first-order valence-electron chi connectivity index (χ1n) is 6.65. The molecule has 0 radical (unpaired) electrons. The molecule has 0 saturated carbocycles. The molecule has 0 fully saturated rings. The van der Waals surface area contributed by atoms with Crippen LogP contribution in [0, 0.1) is 6.92 Å². The van der Waals surface area contributed by atoms with E-state index in [1.165, 1.54) is 6.08 Å². The average Bonchev–Trinajstić information content (AvgIpc) is 2.90. The Hall–Kier alpha value is -2.63. The molecule has 0 aliphatic carbocycles. The van der Waals surface area contributed by atoms with Gasteiger partial charge in [0.05, 0.1) is 13.2 Å². The Balaban J connectivity index is 1.88. The standard InChI is InChI=1S/C15H17N3O3/c1-3-20-15(19)9-6-12-4-7-13(8-5-12)16-10-14-17-11(2)18-21-14/h4-9,16H,3,10H2,1-2H3/b9-6+. The lowest BCUT2D eigenvalue weighted by atomic mass is 10.2. The van der Waals surface area contributed by atoms with Gasteiger partial charge < -0.3 is 14.6 Å². The first-order chi connectivity index (χ1) is 10.2. The summed E-state index contributed by atoms with van der Waals surface area (Å²) in [6.07, 6.45) is 3.12. The summed E-state index contributed by atoms with van der Waals surface area (Å²) in [6, 6.07) is 7.62. The highest BCUT2D eigenvalue weighted by Gasteiger charge is 2.01. The fourth-order valence-electron chi connectivity index (χ4n) is 1.66. The van der Waals surface area contributed by atoms with Crippen LogP contribution in [-0.2, 0) is 16.1 Å². The van der Waals surface area contributed by atoms with Crippen molar-refractivity contribution in [1.29, 1.82) is 0 Å². The molecule has 21 heavy (non-hydrogen) atoms. The molecule has 0 spiro atoms. The number of hydrogen-bond acceptors (Lipinski definition) is 6. The first kappa shape index (κ1) is 14.8. The predicted molar refractivity (Wildman–Crippen MR) is 78.5 cm³/mol. The van der Waals surface area contributed by atoms with Gasteiger partial charge in [0.1, 0.15) is 0 Å². The number of esters is 1. The number of anilines is 1. The van der Waals surface area contributed by atoms with Crippen molar-refractivity contribution in [3.63, 3.8) is 0 Å². The number of rotatable bonds is 6. The second-order valence-electron chi connectivity index (χ2n) is 4.30. The zero-order chi connectivity index (χ0) is 15.1. The highest BCUT2D eigenvalue weighted by atomic mass is 16.5. The Kier molecular flexibility index (Phi) is 5.09. The minimum Gasteiger partial charge on any atom is -0.463 e. The Morgan fingerprint density at radius 1 is 1.38 bits per heavy atom. The maximum atomic E-state index is 11.2. The summed E-state index contributed by atoms with van der Waals surface area (Å²) >= 11 is 0. The van der Waals surface area contributed by atoms with Crippen molar-refractivity contribution in [2.45, 2.75) is 20.4 Å². The quantitative estimate of drug-likeness (QED) is 0.650. The summed E-state index contributed by atoms with van der Waals surface area (Å²) < 4.78 is 9.83. The molecule has 2 aromatic rings. The van der Waals surface area contributed by atoms with Crippen LogP contribution in [0.25, 0.3) is 6.08 Å². The van der Waals surface area contributed by atoms with Crippen LogP contribution in [0.1, 0.15) is 24.2 Å². The van der Waals surface area contributed by atoms with E-state index in [0.717, 1.165) is 11.3 Å². The number of carbonyl (C=O) groups excluding carboxylic acids is 1. The van der Waals surface area contributed by atoms with Gasteiger partial charge in [-0.1, -0.05) is 17.3 Å². The zero-order valence-electron chi connectivity index (χ0n) is 12.0. The summed E-state index contributed by atoms with van der Waals surface area (Å²) in [6.45, 7) is 4.40. The molecular formula is C15H17N3O3. The Morgan fingerprint density at radius 3 is 2.76 bits per heavy atom. The van der Waals surface area contributed by atoms with E-state index in [9.17, 15) is 4.79 Å². The minimum absolute atomic E-state index is 0.341. The molecular weight excluding hydrogens is 270 g/mol. The highest BCUT2D eigenvalue weighted by molar-refractivity contribution is 5.87. The van der Waals surface area contributed by atoms with E-state index in [1.54, 1.807) is 19.9 Å². The molecule has 110 valence electrons. The second-order valence-corrected chi connectivity index (χ2v) is 4.30. The third-order valence-corrected chi connectivity index (χ3v) is 2.62. The molecule has 1 aromatic heterocycles. The van der Waals surface area contributed by atoms with Gasteiger partial charge in [-0.15, -0.1) is 0 Å². The van der Waals surface area contributed by atoms with E-state index in [4.69, 9.17) is 9.26 Å². The number of ether oxygens (including phenoxy) is 1. The van der Waals surface area contributed by atoms with Crippen LogP contribution >= 0.6 is 0 Å². The van der Waals surface area contributed by atoms with Crippen molar-refractivity contribution in [2.75, 3.05) is 11.9 Å². The topological polar surface area (TPSA) is 77.2 Å². The first-order valence-corrected chi connectivity index (χ1v) is 6.65. The molecule has 0 unspecified atom stereocenters. The van der Waals surface area contributed by atoms with E-state index in [1.807, 2.05) is 24.3 Å². The number of carbonyl (C=O) groups is 1. The van der Waals surface area contributed by atoms with E-state index >= 15 is 0 Å². The molecule has 2 rings (SSSR count). The fourth-order valence-corrected chi connectivity index (χ4v) is 1.66. The summed E-state index contributed by atoms with van der Waals surface area (Å²) in [5.41, 5.74) is 1.85. The SMILES string of the molecule is CCOC(=O)/C=C/c1ccc(NCc2nc(C)no2)cc1. The lowest BCUT2D eigenvalue weighted by Crippen LogP contribution is -2.00. The largest absolute Gasteiger partial charge is 0.463 e. The molecule has 6 heteroatoms. The van der Waals surface area contributed by atoms with Crippen LogP contribution in [0.15, 0.2) is 34.9 Å². The summed E-state index contributed by atoms with van der Waals surface area (Å²) in [5, 5.41) is 6.89. The van der Waals surface area contributed by atoms with Crippen LogP contribution in [0.3, 0.4) is 0 Å². The van der Waals surface area contributed by atoms with E-state index in [0.29, 0.717) is 24.9 Å². The van der Waals surface area contributed by atoms with Gasteiger partial charge in [0.15, 0.2) is 5.82 Å². The summed E-state index contributed by atoms with van der Waals surface area (Å²) in [4.78, 5) is 15.3. The molecule has 1 N–H and O–H groups in total. The molecule has 1 aromatic carbocycles. The zero-order valence-corrected chi connectivity index (χ0v) is 12.0. The maximum absolute atomic E-state index is 11.2. The number of nitrogens with one attached hydrogen (secondary N) is 1. The average molecular weight is 287 g/mol. The van der Waals surface area contributed by atoms with Crippen molar-refractivity contribution in [3.8, 4) is 0 Å². The van der Waals surface area contributed by atoms with E-state index in [-0.39, 0.29) is 5.97 Å². The van der Waals surface area contributed by atoms with Crippen LogP contribution in [0.4, 0.5) is 5.69 Å². The van der Waals surface area contributed by atoms with Gasteiger partial charge in [0, 0.05) is 11.8 Å². The maximum Gasteiger partial charge on any atom is 0.330 e. The van der Waals surface area contributed by atoms with Gasteiger partial charge in [-0.05, 0) is 37.6 Å². The van der Waals surface area contributed by atoms with Gasteiger partial charge in [-0.2, -0.15) is 4.98 Å². The monoisotopic (exact) mass is 287 g/mol. The van der Waals surface area contributed by atoms with Crippen molar-refractivity contribution in [1.82, 2.24) is 10.1 Å². The van der Waals surface area contributed by atoms with E-state index in [2.05, 4.69) is 15.5 Å². The number of aromatic nitrogens is 2. The third-order valence-electron chi connectivity index (χ3n) is 2.62. The van der Waals surface area contributed by atoms with E-state index < -0.39 is 0 Å². The second kappa shape index (κ2) is 7.23. The van der Waals surface area contributed by atoms with Crippen molar-refractivity contribution < 1.29 is 14.1 Å². The summed E-state index contributed by atoms with van der Waals surface area (Å²) in [5.74, 6) is 0.816. The Labute approximate surface area is 122 Å². The van der Waals surface area contributed by atoms with Crippen molar-refractivity contribution in [2.24, 2.45) is 0 Å². The molecule has 0 saturated heterocycles. The van der Waals surface area contributed by atoms with Crippen LogP contribution < -0.4 is 5.32 Å². The van der Waals surface area contributed by atoms with Gasteiger partial charge in [-0.25, -0.2) is 4.79 Å².